The SMILES string of the molecule is CC(C)NC(=O)[C@]1(Cc2cccc(-c3cccnc3)c2)CCN(Cc2ccccn2)C1. The maximum absolute atomic E-state index is 13.4. The number of nitrogens with zero attached hydrogens (tertiary/aromatic N) is 3. The molecule has 3 aromatic rings. The first-order valence-corrected chi connectivity index (χ1v) is 11.0. The number of hydrogen-bond donors (Lipinski definition) is 1. The second kappa shape index (κ2) is 9.40. The van der Waals surface area contributed by atoms with E-state index < -0.39 is 5.41 Å². The highest BCUT2D eigenvalue weighted by molar-refractivity contribution is 5.84. The Balaban J connectivity index is 1.57. The molecule has 31 heavy (non-hydrogen) atoms. The van der Waals surface area contributed by atoms with E-state index in [2.05, 4.69) is 50.5 Å². The van der Waals surface area contributed by atoms with Gasteiger partial charge in [-0.3, -0.25) is 19.7 Å². The standard InChI is InChI=1S/C26H30N4O/c1-20(2)29-25(31)26(11-14-30(19-26)18-24-10-3-4-13-28-24)16-21-7-5-8-22(15-21)23-9-6-12-27-17-23/h3-10,12-13,15,17,20H,11,14,16,18-19H2,1-2H3,(H,29,31)/t26-/m0/s1. The topological polar surface area (TPSA) is 58.1 Å². The minimum atomic E-state index is -0.438. The van der Waals surface area contributed by atoms with E-state index in [9.17, 15) is 4.79 Å². The lowest BCUT2D eigenvalue weighted by atomic mass is 9.79. The predicted octanol–water partition coefficient (Wildman–Crippen LogP) is 4.10. The number of carbonyl (C=O) groups is 1. The number of rotatable bonds is 7. The number of hydrogen-bond acceptors (Lipinski definition) is 4. The molecule has 1 atom stereocenters. The van der Waals surface area contributed by atoms with Crippen LogP contribution in [0.1, 0.15) is 31.5 Å². The smallest absolute Gasteiger partial charge is 0.228 e. The molecule has 0 aliphatic carbocycles. The minimum Gasteiger partial charge on any atom is -0.353 e. The number of pyridine rings is 2. The second-order valence-corrected chi connectivity index (χ2v) is 8.81. The molecule has 4 rings (SSSR count). The summed E-state index contributed by atoms with van der Waals surface area (Å²) in [7, 11) is 0. The Bertz CT molecular complexity index is 1010. The summed E-state index contributed by atoms with van der Waals surface area (Å²) in [5, 5.41) is 3.19. The zero-order chi connectivity index (χ0) is 21.7. The summed E-state index contributed by atoms with van der Waals surface area (Å²) in [4.78, 5) is 24.4. The van der Waals surface area contributed by atoms with E-state index in [0.29, 0.717) is 0 Å². The van der Waals surface area contributed by atoms with Crippen molar-refractivity contribution in [2.75, 3.05) is 13.1 Å². The molecule has 5 heteroatoms. The van der Waals surface area contributed by atoms with Crippen molar-refractivity contribution >= 4 is 5.91 Å². The molecular weight excluding hydrogens is 384 g/mol. The number of amides is 1. The van der Waals surface area contributed by atoms with Crippen LogP contribution in [-0.2, 0) is 17.8 Å². The maximum atomic E-state index is 13.4. The molecule has 1 amide bonds. The molecule has 5 nitrogen and oxygen atoms in total. The monoisotopic (exact) mass is 414 g/mol. The fraction of sp³-hybridized carbons (Fsp3) is 0.346. The molecule has 2 aromatic heterocycles. The summed E-state index contributed by atoms with van der Waals surface area (Å²) in [5.41, 5.74) is 4.01. The third-order valence-electron chi connectivity index (χ3n) is 5.91. The summed E-state index contributed by atoms with van der Waals surface area (Å²) in [5.74, 6) is 0.151. The first kappa shape index (κ1) is 21.2. The normalized spacial score (nSPS) is 18.9. The van der Waals surface area contributed by atoms with Crippen molar-refractivity contribution < 1.29 is 4.79 Å². The van der Waals surface area contributed by atoms with Gasteiger partial charge in [0.25, 0.3) is 0 Å². The van der Waals surface area contributed by atoms with Crippen molar-refractivity contribution in [3.05, 3.63) is 84.4 Å². The molecule has 0 saturated carbocycles. The molecule has 1 saturated heterocycles. The van der Waals surface area contributed by atoms with Gasteiger partial charge in [0.05, 0.1) is 11.1 Å². The van der Waals surface area contributed by atoms with Gasteiger partial charge in [0.1, 0.15) is 0 Å². The van der Waals surface area contributed by atoms with Crippen LogP contribution < -0.4 is 5.32 Å². The Morgan fingerprint density at radius 3 is 2.71 bits per heavy atom. The van der Waals surface area contributed by atoms with Crippen LogP contribution in [0.25, 0.3) is 11.1 Å². The summed E-state index contributed by atoms with van der Waals surface area (Å²) in [6, 6.07) is 18.6. The molecule has 1 fully saturated rings. The van der Waals surface area contributed by atoms with Crippen LogP contribution in [0.15, 0.2) is 73.2 Å². The Labute approximate surface area is 184 Å². The lowest BCUT2D eigenvalue weighted by Crippen LogP contribution is -2.46. The van der Waals surface area contributed by atoms with Crippen molar-refractivity contribution in [1.82, 2.24) is 20.2 Å². The van der Waals surface area contributed by atoms with Crippen molar-refractivity contribution in [3.8, 4) is 11.1 Å². The molecule has 0 unspecified atom stereocenters. The third kappa shape index (κ3) is 5.17. The largest absolute Gasteiger partial charge is 0.353 e. The van der Waals surface area contributed by atoms with E-state index in [0.717, 1.165) is 49.3 Å². The molecule has 0 radical (unpaired) electrons. The lowest BCUT2D eigenvalue weighted by Gasteiger charge is -2.30. The highest BCUT2D eigenvalue weighted by Gasteiger charge is 2.44. The van der Waals surface area contributed by atoms with Crippen molar-refractivity contribution in [3.63, 3.8) is 0 Å². The minimum absolute atomic E-state index is 0.121. The number of benzene rings is 1. The van der Waals surface area contributed by atoms with E-state index in [1.54, 1.807) is 6.20 Å². The average molecular weight is 415 g/mol. The van der Waals surface area contributed by atoms with Gasteiger partial charge in [-0.2, -0.15) is 0 Å². The quantitative estimate of drug-likeness (QED) is 0.632. The van der Waals surface area contributed by atoms with E-state index >= 15 is 0 Å². The molecule has 3 heterocycles. The average Bonchev–Trinajstić information content (AvgIpc) is 3.18. The zero-order valence-corrected chi connectivity index (χ0v) is 18.3. The van der Waals surface area contributed by atoms with Crippen molar-refractivity contribution in [2.45, 2.75) is 39.3 Å². The zero-order valence-electron chi connectivity index (χ0n) is 18.3. The van der Waals surface area contributed by atoms with Crippen molar-refractivity contribution in [2.24, 2.45) is 5.41 Å². The predicted molar refractivity (Wildman–Crippen MR) is 123 cm³/mol. The number of aromatic nitrogens is 2. The van der Waals surface area contributed by atoms with E-state index in [-0.39, 0.29) is 11.9 Å². The molecule has 1 aliphatic heterocycles. The third-order valence-corrected chi connectivity index (χ3v) is 5.91. The van der Waals surface area contributed by atoms with Gasteiger partial charge >= 0.3 is 0 Å². The van der Waals surface area contributed by atoms with Gasteiger partial charge in [0.2, 0.25) is 5.91 Å². The van der Waals surface area contributed by atoms with Crippen LogP contribution >= 0.6 is 0 Å². The van der Waals surface area contributed by atoms with Crippen LogP contribution in [0.5, 0.6) is 0 Å². The first-order valence-electron chi connectivity index (χ1n) is 11.0. The highest BCUT2D eigenvalue weighted by Crippen LogP contribution is 2.36. The van der Waals surface area contributed by atoms with E-state index in [1.807, 2.05) is 50.5 Å². The van der Waals surface area contributed by atoms with Crippen LogP contribution in [0.3, 0.4) is 0 Å². The van der Waals surface area contributed by atoms with Crippen LogP contribution in [0.4, 0.5) is 0 Å². The van der Waals surface area contributed by atoms with Gasteiger partial charge < -0.3 is 5.32 Å². The molecular formula is C26H30N4O. The second-order valence-electron chi connectivity index (χ2n) is 8.81. The van der Waals surface area contributed by atoms with Crippen molar-refractivity contribution in [1.29, 1.82) is 0 Å². The van der Waals surface area contributed by atoms with Gasteiger partial charge in [-0.25, -0.2) is 0 Å². The molecule has 1 N–H and O–H groups in total. The number of carbonyl (C=O) groups excluding carboxylic acids is 1. The Morgan fingerprint density at radius 1 is 1.10 bits per heavy atom. The van der Waals surface area contributed by atoms with E-state index in [4.69, 9.17) is 0 Å². The molecule has 1 aromatic carbocycles. The fourth-order valence-electron chi connectivity index (χ4n) is 4.42. The van der Waals surface area contributed by atoms with Gasteiger partial charge in [0, 0.05) is 37.7 Å². The highest BCUT2D eigenvalue weighted by atomic mass is 16.2. The Morgan fingerprint density at radius 2 is 1.97 bits per heavy atom. The van der Waals surface area contributed by atoms with Gasteiger partial charge in [-0.1, -0.05) is 36.4 Å². The number of nitrogens with one attached hydrogen (secondary N) is 1. The molecule has 1 aliphatic rings. The summed E-state index contributed by atoms with van der Waals surface area (Å²) < 4.78 is 0. The van der Waals surface area contributed by atoms with Gasteiger partial charge in [-0.05, 0) is 68.1 Å². The van der Waals surface area contributed by atoms with Crippen LogP contribution in [-0.4, -0.2) is 39.9 Å². The molecule has 0 spiro atoms. The summed E-state index contributed by atoms with van der Waals surface area (Å²) in [6.45, 7) is 6.45. The summed E-state index contributed by atoms with van der Waals surface area (Å²) >= 11 is 0. The number of likely N-dealkylation sites (tertiary alicyclic amines) is 1. The Kier molecular flexibility index (Phi) is 6.42. The van der Waals surface area contributed by atoms with Crippen LogP contribution in [0.2, 0.25) is 0 Å². The van der Waals surface area contributed by atoms with E-state index in [1.165, 1.54) is 5.56 Å². The maximum Gasteiger partial charge on any atom is 0.228 e. The summed E-state index contributed by atoms with van der Waals surface area (Å²) in [6.07, 6.45) is 7.06. The Hall–Kier alpha value is -3.05. The van der Waals surface area contributed by atoms with Gasteiger partial charge in [-0.15, -0.1) is 0 Å². The lowest BCUT2D eigenvalue weighted by molar-refractivity contribution is -0.131. The fourth-order valence-corrected chi connectivity index (χ4v) is 4.42. The molecule has 0 bridgehead atoms. The van der Waals surface area contributed by atoms with Gasteiger partial charge in [0.15, 0.2) is 0 Å². The first-order chi connectivity index (χ1) is 15.0. The molecule has 160 valence electrons. The van der Waals surface area contributed by atoms with Crippen LogP contribution in [0, 0.1) is 5.41 Å².